The molecule has 0 radical (unpaired) electrons. The van der Waals surface area contributed by atoms with Crippen LogP contribution >= 0.6 is 0 Å². The lowest BCUT2D eigenvalue weighted by molar-refractivity contribution is -0.137. The molecular weight excluding hydrogens is 473 g/mol. The number of nitrogens with one attached hydrogen (secondary N) is 1. The number of methoxy groups -OCH3 is 1. The van der Waals surface area contributed by atoms with Crippen LogP contribution < -0.4 is 5.32 Å². The van der Waals surface area contributed by atoms with E-state index in [2.05, 4.69) is 10.4 Å². The van der Waals surface area contributed by atoms with Gasteiger partial charge in [-0.05, 0) is 67.6 Å². The number of ether oxygens (including phenoxy) is 1. The van der Waals surface area contributed by atoms with E-state index in [0.29, 0.717) is 44.3 Å². The molecule has 1 aliphatic rings. The number of aryl methyl sites for hydroxylation is 1. The number of halogens is 3. The van der Waals surface area contributed by atoms with Crippen LogP contribution in [0.2, 0.25) is 0 Å². The number of carbonyl (C=O) groups is 2. The SMILES string of the molecule is COCCNC(=O)c1cc2cn(CC3CCN(C(=O)c4ccc(C(F)(F)F)cc4)CC3)nc2cc1C. The molecule has 10 heteroatoms. The Bertz CT molecular complexity index is 1230. The second-order valence-electron chi connectivity index (χ2n) is 9.14. The minimum Gasteiger partial charge on any atom is -0.383 e. The van der Waals surface area contributed by atoms with Gasteiger partial charge >= 0.3 is 6.18 Å². The van der Waals surface area contributed by atoms with E-state index < -0.39 is 11.7 Å². The molecule has 2 aromatic carbocycles. The summed E-state index contributed by atoms with van der Waals surface area (Å²) in [5.41, 5.74) is 1.76. The third-order valence-corrected chi connectivity index (χ3v) is 6.54. The molecule has 0 bridgehead atoms. The van der Waals surface area contributed by atoms with Gasteiger partial charge in [-0.3, -0.25) is 14.3 Å². The van der Waals surface area contributed by atoms with Gasteiger partial charge in [0.2, 0.25) is 0 Å². The lowest BCUT2D eigenvalue weighted by Crippen LogP contribution is -2.39. The highest BCUT2D eigenvalue weighted by Crippen LogP contribution is 2.29. The molecule has 0 unspecified atom stereocenters. The summed E-state index contributed by atoms with van der Waals surface area (Å²) < 4.78 is 45.2. The van der Waals surface area contributed by atoms with Crippen LogP contribution in [0.5, 0.6) is 0 Å². The number of hydrogen-bond donors (Lipinski definition) is 1. The van der Waals surface area contributed by atoms with Crippen molar-refractivity contribution in [2.45, 2.75) is 32.5 Å². The Kier molecular flexibility index (Phi) is 7.63. The number of rotatable bonds is 7. The summed E-state index contributed by atoms with van der Waals surface area (Å²) in [6.07, 6.45) is -0.946. The quantitative estimate of drug-likeness (QED) is 0.489. The van der Waals surface area contributed by atoms with E-state index in [1.165, 1.54) is 12.1 Å². The summed E-state index contributed by atoms with van der Waals surface area (Å²) >= 11 is 0. The van der Waals surface area contributed by atoms with E-state index in [1.54, 1.807) is 12.0 Å². The summed E-state index contributed by atoms with van der Waals surface area (Å²) in [6, 6.07) is 8.11. The molecule has 1 aliphatic heterocycles. The number of carbonyl (C=O) groups excluding carboxylic acids is 2. The highest BCUT2D eigenvalue weighted by atomic mass is 19.4. The van der Waals surface area contributed by atoms with Crippen molar-refractivity contribution < 1.29 is 27.5 Å². The lowest BCUT2D eigenvalue weighted by atomic mass is 9.96. The molecule has 2 heterocycles. The Labute approximate surface area is 207 Å². The van der Waals surface area contributed by atoms with Crippen molar-refractivity contribution in [1.29, 1.82) is 0 Å². The van der Waals surface area contributed by atoms with Gasteiger partial charge in [0.25, 0.3) is 11.8 Å². The number of amides is 2. The average Bonchev–Trinajstić information content (AvgIpc) is 3.24. The van der Waals surface area contributed by atoms with E-state index in [0.717, 1.165) is 41.4 Å². The molecule has 1 N–H and O–H groups in total. The zero-order chi connectivity index (χ0) is 25.9. The minimum atomic E-state index is -4.42. The second-order valence-corrected chi connectivity index (χ2v) is 9.14. The maximum absolute atomic E-state index is 12.8. The largest absolute Gasteiger partial charge is 0.416 e. The number of fused-ring (bicyclic) bond motifs is 1. The van der Waals surface area contributed by atoms with Crippen molar-refractivity contribution in [1.82, 2.24) is 20.0 Å². The lowest BCUT2D eigenvalue weighted by Gasteiger charge is -2.32. The van der Waals surface area contributed by atoms with Gasteiger partial charge in [-0.25, -0.2) is 0 Å². The smallest absolute Gasteiger partial charge is 0.383 e. The number of benzene rings is 2. The summed E-state index contributed by atoms with van der Waals surface area (Å²) in [5.74, 6) is -0.0862. The first-order valence-electron chi connectivity index (χ1n) is 11.9. The Hall–Kier alpha value is -3.40. The summed E-state index contributed by atoms with van der Waals surface area (Å²) in [4.78, 5) is 26.9. The van der Waals surface area contributed by atoms with Crippen LogP contribution in [0.4, 0.5) is 13.2 Å². The van der Waals surface area contributed by atoms with Crippen LogP contribution in [0.25, 0.3) is 10.9 Å². The summed E-state index contributed by atoms with van der Waals surface area (Å²) in [7, 11) is 1.58. The number of nitrogens with zero attached hydrogens (tertiary/aromatic N) is 3. The van der Waals surface area contributed by atoms with Crippen molar-refractivity contribution in [2.24, 2.45) is 5.92 Å². The van der Waals surface area contributed by atoms with Gasteiger partial charge < -0.3 is 15.0 Å². The maximum Gasteiger partial charge on any atom is 0.416 e. The monoisotopic (exact) mass is 502 g/mol. The Morgan fingerprint density at radius 2 is 1.83 bits per heavy atom. The fraction of sp³-hybridized carbons (Fsp3) is 0.423. The Morgan fingerprint density at radius 3 is 2.47 bits per heavy atom. The van der Waals surface area contributed by atoms with Gasteiger partial charge in [0.1, 0.15) is 0 Å². The first-order chi connectivity index (χ1) is 17.2. The third-order valence-electron chi connectivity index (χ3n) is 6.54. The topological polar surface area (TPSA) is 76.5 Å². The number of piperidine rings is 1. The predicted octanol–water partition coefficient (Wildman–Crippen LogP) is 4.29. The fourth-order valence-electron chi connectivity index (χ4n) is 4.49. The van der Waals surface area contributed by atoms with Crippen molar-refractivity contribution in [3.05, 3.63) is 64.8 Å². The molecule has 4 rings (SSSR count). The number of aromatic nitrogens is 2. The molecule has 2 amide bonds. The molecule has 3 aromatic rings. The number of likely N-dealkylation sites (tertiary alicyclic amines) is 1. The minimum absolute atomic E-state index is 0.149. The fourth-order valence-corrected chi connectivity index (χ4v) is 4.49. The van der Waals surface area contributed by atoms with Gasteiger partial charge in [-0.2, -0.15) is 18.3 Å². The second kappa shape index (κ2) is 10.7. The number of hydrogen-bond acceptors (Lipinski definition) is 4. The van der Waals surface area contributed by atoms with Crippen LogP contribution in [0.15, 0.2) is 42.6 Å². The standard InChI is InChI=1S/C26H29F3N4O3/c1-17-13-23-20(14-22(17)24(34)30-9-12-36-2)16-33(31-23)15-18-7-10-32(11-8-18)25(35)19-3-5-21(6-4-19)26(27,28)29/h3-6,13-14,16,18H,7-12,15H2,1-2H3,(H,30,34). The average molecular weight is 503 g/mol. The molecule has 0 atom stereocenters. The van der Waals surface area contributed by atoms with Crippen LogP contribution in [0.1, 0.15) is 44.7 Å². The van der Waals surface area contributed by atoms with Crippen molar-refractivity contribution >= 4 is 22.7 Å². The molecule has 1 saturated heterocycles. The molecule has 7 nitrogen and oxygen atoms in total. The highest BCUT2D eigenvalue weighted by Gasteiger charge is 2.31. The maximum atomic E-state index is 12.8. The van der Waals surface area contributed by atoms with Gasteiger partial charge in [0, 0.05) is 56.0 Å². The van der Waals surface area contributed by atoms with E-state index in [9.17, 15) is 22.8 Å². The summed E-state index contributed by atoms with van der Waals surface area (Å²) in [5, 5.41) is 8.39. The van der Waals surface area contributed by atoms with E-state index in [-0.39, 0.29) is 17.4 Å². The first kappa shape index (κ1) is 25.7. The molecule has 0 spiro atoms. The normalized spacial score (nSPS) is 14.9. The van der Waals surface area contributed by atoms with Gasteiger partial charge in [0.05, 0.1) is 17.7 Å². The van der Waals surface area contributed by atoms with Crippen molar-refractivity contribution in [3.63, 3.8) is 0 Å². The zero-order valence-corrected chi connectivity index (χ0v) is 20.3. The molecule has 192 valence electrons. The summed E-state index contributed by atoms with van der Waals surface area (Å²) in [6.45, 7) is 4.52. The van der Waals surface area contributed by atoms with Crippen LogP contribution in [-0.4, -0.2) is 59.8 Å². The zero-order valence-electron chi connectivity index (χ0n) is 20.3. The van der Waals surface area contributed by atoms with Gasteiger partial charge in [-0.15, -0.1) is 0 Å². The molecule has 0 saturated carbocycles. The highest BCUT2D eigenvalue weighted by molar-refractivity contribution is 5.99. The van der Waals surface area contributed by atoms with E-state index >= 15 is 0 Å². The molecular formula is C26H29F3N4O3. The van der Waals surface area contributed by atoms with Crippen LogP contribution in [0.3, 0.4) is 0 Å². The molecule has 1 aromatic heterocycles. The van der Waals surface area contributed by atoms with Gasteiger partial charge in [-0.1, -0.05) is 0 Å². The van der Waals surface area contributed by atoms with Gasteiger partial charge in [0.15, 0.2) is 0 Å². The molecule has 36 heavy (non-hydrogen) atoms. The van der Waals surface area contributed by atoms with Crippen LogP contribution in [-0.2, 0) is 17.5 Å². The van der Waals surface area contributed by atoms with E-state index in [4.69, 9.17) is 4.74 Å². The third kappa shape index (κ3) is 5.87. The van der Waals surface area contributed by atoms with Crippen molar-refractivity contribution in [2.75, 3.05) is 33.4 Å². The Morgan fingerprint density at radius 1 is 1.14 bits per heavy atom. The van der Waals surface area contributed by atoms with E-state index in [1.807, 2.05) is 29.9 Å². The van der Waals surface area contributed by atoms with Crippen molar-refractivity contribution in [3.8, 4) is 0 Å². The molecule has 0 aliphatic carbocycles. The molecule has 1 fully saturated rings. The predicted molar refractivity (Wildman–Crippen MR) is 129 cm³/mol. The Balaban J connectivity index is 1.35. The first-order valence-corrected chi connectivity index (χ1v) is 11.9. The number of alkyl halides is 3. The van der Waals surface area contributed by atoms with Crippen LogP contribution in [0, 0.1) is 12.8 Å².